The van der Waals surface area contributed by atoms with Crippen LogP contribution in [0.15, 0.2) is 30.3 Å². The summed E-state index contributed by atoms with van der Waals surface area (Å²) in [5, 5.41) is 28.7. The lowest BCUT2D eigenvalue weighted by atomic mass is 9.73. The number of aliphatic hydroxyl groups excluding tert-OH is 1. The van der Waals surface area contributed by atoms with Gasteiger partial charge in [-0.3, -0.25) is 19.9 Å². The zero-order chi connectivity index (χ0) is 37.4. The number of likely N-dealkylation sites (N-methyl/N-ethyl adjacent to an activating group) is 1. The van der Waals surface area contributed by atoms with Gasteiger partial charge >= 0.3 is 11.9 Å². The normalized spacial score (nSPS) is 29.6. The molecule has 13 nitrogen and oxygen atoms in total. The predicted molar refractivity (Wildman–Crippen MR) is 198 cm³/mol. The number of rotatable bonds is 2. The first-order chi connectivity index (χ1) is 26.1. The van der Waals surface area contributed by atoms with Crippen molar-refractivity contribution >= 4 is 34.6 Å². The molecule has 54 heavy (non-hydrogen) atoms. The van der Waals surface area contributed by atoms with Gasteiger partial charge in [0.2, 0.25) is 6.79 Å². The van der Waals surface area contributed by atoms with Crippen LogP contribution in [0.25, 0.3) is 10.9 Å². The lowest BCUT2D eigenvalue weighted by Crippen LogP contribution is -2.70. The molecule has 3 aromatic carbocycles. The molecule has 14 heteroatoms. The van der Waals surface area contributed by atoms with Crippen molar-refractivity contribution in [2.24, 2.45) is 0 Å². The molecule has 7 atom stereocenters. The van der Waals surface area contributed by atoms with Crippen LogP contribution in [-0.2, 0) is 32.7 Å². The van der Waals surface area contributed by atoms with Gasteiger partial charge in [0.1, 0.15) is 18.6 Å². The van der Waals surface area contributed by atoms with Gasteiger partial charge in [0, 0.05) is 58.4 Å². The zero-order valence-corrected chi connectivity index (χ0v) is 31.5. The van der Waals surface area contributed by atoms with Crippen LogP contribution >= 0.6 is 11.8 Å². The van der Waals surface area contributed by atoms with E-state index in [1.807, 2.05) is 44.0 Å². The molecule has 1 spiro atoms. The van der Waals surface area contributed by atoms with Crippen LogP contribution in [0.3, 0.4) is 0 Å². The summed E-state index contributed by atoms with van der Waals surface area (Å²) in [7, 11) is 3.54. The maximum absolute atomic E-state index is 14.8. The van der Waals surface area contributed by atoms with Gasteiger partial charge in [0.25, 0.3) is 0 Å². The van der Waals surface area contributed by atoms with Crippen molar-refractivity contribution in [3.05, 3.63) is 75.0 Å². The topological polar surface area (TPSA) is 155 Å². The molecule has 1 aromatic heterocycles. The number of aromatic amines is 1. The van der Waals surface area contributed by atoms with Crippen molar-refractivity contribution in [3.63, 3.8) is 0 Å². The molecule has 2 fully saturated rings. The predicted octanol–water partition coefficient (Wildman–Crippen LogP) is 4.18. The van der Waals surface area contributed by atoms with Crippen LogP contribution in [0.4, 0.5) is 0 Å². The van der Waals surface area contributed by atoms with Gasteiger partial charge in [0.05, 0.1) is 36.2 Å². The lowest BCUT2D eigenvalue weighted by molar-refractivity contribution is -0.186. The summed E-state index contributed by atoms with van der Waals surface area (Å²) >= 11 is 1.54. The van der Waals surface area contributed by atoms with Gasteiger partial charge in [-0.15, -0.1) is 11.8 Å². The number of aryl methyl sites for hydroxylation is 1. The lowest BCUT2D eigenvalue weighted by Gasteiger charge is -2.62. The summed E-state index contributed by atoms with van der Waals surface area (Å²) in [4.78, 5) is 35.5. The maximum atomic E-state index is 14.8. The molecular weight excluding hydrogens is 713 g/mol. The number of phenolic OH excluding ortho intramolecular Hbond substituents is 1. The molecular formula is C40H42N4O9S. The summed E-state index contributed by atoms with van der Waals surface area (Å²) in [5.41, 5.74) is 6.07. The van der Waals surface area contributed by atoms with Crippen molar-refractivity contribution < 1.29 is 43.5 Å². The minimum Gasteiger partial charge on any atom is -0.504 e. The van der Waals surface area contributed by atoms with E-state index < -0.39 is 47.1 Å². The highest BCUT2D eigenvalue weighted by Crippen LogP contribution is 2.64. The molecule has 11 rings (SSSR count). The molecule has 4 N–H and O–H groups in total. The van der Waals surface area contributed by atoms with Gasteiger partial charge in [-0.25, -0.2) is 4.79 Å². The van der Waals surface area contributed by atoms with Crippen molar-refractivity contribution in [1.29, 1.82) is 0 Å². The van der Waals surface area contributed by atoms with Gasteiger partial charge in [0.15, 0.2) is 28.5 Å². The standard InChI is InChI=1S/C40H42N4O9S/c1-17-12-20-13-24-38(47)44-25-14-50-39(48)40(37-22(10-11-41-40)21-8-6-7-9-23(21)42-37)15-54-36(30(44)29(43(24)4)26(20)31(46)32(17)49-5)28-27(25)35-34(51-16-52-35)18(2)33(28)53-19(3)45/h6-9,12,24-25,29-30,36,38,41-42,46-47H,10-11,13-16H2,1-5H3/t24-,25+,29-,30-,36-,38+,40+/m0/s1. The number of aromatic hydroxyl groups is 1. The Morgan fingerprint density at radius 3 is 2.69 bits per heavy atom. The number of piperazine rings is 1. The number of hydrogen-bond acceptors (Lipinski definition) is 13. The molecule has 282 valence electrons. The number of nitrogens with zero attached hydrogens (tertiary/aromatic N) is 2. The van der Waals surface area contributed by atoms with E-state index in [0.29, 0.717) is 47.1 Å². The summed E-state index contributed by atoms with van der Waals surface area (Å²) in [6.07, 6.45) is 0.205. The van der Waals surface area contributed by atoms with Crippen molar-refractivity contribution in [2.45, 2.75) is 74.8 Å². The van der Waals surface area contributed by atoms with E-state index >= 15 is 0 Å². The Morgan fingerprint density at radius 2 is 1.89 bits per heavy atom. The number of aromatic nitrogens is 1. The van der Waals surface area contributed by atoms with Crippen LogP contribution < -0.4 is 24.3 Å². The second kappa shape index (κ2) is 12.0. The molecule has 7 aliphatic rings. The fraction of sp³-hybridized carbons (Fsp3) is 0.450. The molecule has 4 aromatic rings. The molecule has 7 aliphatic heterocycles. The van der Waals surface area contributed by atoms with E-state index in [4.69, 9.17) is 23.7 Å². The van der Waals surface area contributed by atoms with Crippen LogP contribution in [-0.4, -0.2) is 95.1 Å². The van der Waals surface area contributed by atoms with Crippen LogP contribution in [0.1, 0.15) is 68.9 Å². The third-order valence-corrected chi connectivity index (χ3v) is 14.1. The monoisotopic (exact) mass is 754 g/mol. The number of nitrogens with one attached hydrogen (secondary N) is 2. The van der Waals surface area contributed by atoms with E-state index in [0.717, 1.165) is 50.8 Å². The average molecular weight is 755 g/mol. The second-order valence-electron chi connectivity index (χ2n) is 15.3. The smallest absolute Gasteiger partial charge is 0.333 e. The highest BCUT2D eigenvalue weighted by Gasteiger charge is 2.61. The highest BCUT2D eigenvalue weighted by atomic mass is 32.2. The maximum Gasteiger partial charge on any atom is 0.333 e. The van der Waals surface area contributed by atoms with E-state index in [1.54, 1.807) is 18.9 Å². The SMILES string of the molecule is COc1c(C)cc2c(c1O)[C@H]1[C@H]3[C@H]4SC[C@]5(NCCc6c5[nH]c5ccccc65)C(=O)OC[C@H](c5c6c(c(C)c(OC(C)=O)c54)OCO6)N3[C@H](O)[C@H](C2)N1C. The van der Waals surface area contributed by atoms with E-state index in [1.165, 1.54) is 6.92 Å². The van der Waals surface area contributed by atoms with Crippen molar-refractivity contribution in [1.82, 2.24) is 20.1 Å². The van der Waals surface area contributed by atoms with Crippen LogP contribution in [0.5, 0.6) is 28.7 Å². The van der Waals surface area contributed by atoms with Gasteiger partial charge in [-0.05, 0) is 56.5 Å². The number of thioether (sulfide) groups is 1. The Bertz CT molecular complexity index is 2290. The number of ether oxygens (including phenoxy) is 5. The van der Waals surface area contributed by atoms with Crippen LogP contribution in [0, 0.1) is 13.8 Å². The number of methoxy groups -OCH3 is 1. The fourth-order valence-corrected chi connectivity index (χ4v) is 12.1. The van der Waals surface area contributed by atoms with Gasteiger partial charge in [-0.2, -0.15) is 0 Å². The van der Waals surface area contributed by atoms with Crippen LogP contribution in [0.2, 0.25) is 0 Å². The molecule has 0 saturated carbocycles. The molecule has 2 saturated heterocycles. The third kappa shape index (κ3) is 4.42. The number of carbonyl (C=O) groups is 2. The Balaban J connectivity index is 1.24. The number of benzene rings is 3. The number of hydrogen-bond donors (Lipinski definition) is 4. The number of carbonyl (C=O) groups excluding carboxylic acids is 2. The number of H-pyrrole nitrogens is 1. The van der Waals surface area contributed by atoms with Gasteiger partial charge in [-0.1, -0.05) is 24.3 Å². The Hall–Kier alpha value is -4.47. The Kier molecular flexibility index (Phi) is 7.58. The fourth-order valence-electron chi connectivity index (χ4n) is 10.4. The largest absolute Gasteiger partial charge is 0.504 e. The Labute approximate surface area is 315 Å². The third-order valence-electron chi connectivity index (χ3n) is 12.6. The first-order valence-electron chi connectivity index (χ1n) is 18.4. The first-order valence-corrected chi connectivity index (χ1v) is 19.5. The van der Waals surface area contributed by atoms with Gasteiger partial charge < -0.3 is 38.9 Å². The van der Waals surface area contributed by atoms with E-state index in [-0.39, 0.29) is 30.9 Å². The number of aliphatic hydroxyl groups is 1. The summed E-state index contributed by atoms with van der Waals surface area (Å²) in [6.45, 7) is 5.54. The number of phenols is 1. The minimum atomic E-state index is -1.23. The molecule has 0 radical (unpaired) electrons. The summed E-state index contributed by atoms with van der Waals surface area (Å²) < 4.78 is 30.6. The Morgan fingerprint density at radius 1 is 1.09 bits per heavy atom. The number of fused-ring (bicyclic) bond motifs is 11. The zero-order valence-electron chi connectivity index (χ0n) is 30.6. The minimum absolute atomic E-state index is 0.0347. The molecule has 4 bridgehead atoms. The molecule has 0 amide bonds. The highest BCUT2D eigenvalue weighted by molar-refractivity contribution is 7.99. The summed E-state index contributed by atoms with van der Waals surface area (Å²) in [6, 6.07) is 8.07. The summed E-state index contributed by atoms with van der Waals surface area (Å²) in [5.74, 6) is 1.13. The van der Waals surface area contributed by atoms with E-state index in [2.05, 4.69) is 27.3 Å². The number of esters is 2. The second-order valence-corrected chi connectivity index (χ2v) is 16.4. The quantitative estimate of drug-likeness (QED) is 0.171. The molecule has 8 heterocycles. The van der Waals surface area contributed by atoms with Crippen molar-refractivity contribution in [3.8, 4) is 28.7 Å². The average Bonchev–Trinajstić information content (AvgIpc) is 3.80. The first kappa shape index (κ1) is 34.1. The number of para-hydroxylation sites is 1. The van der Waals surface area contributed by atoms with E-state index in [9.17, 15) is 19.8 Å². The van der Waals surface area contributed by atoms with Crippen molar-refractivity contribution in [2.75, 3.05) is 39.9 Å². The molecule has 0 unspecified atom stereocenters. The molecule has 0 aliphatic carbocycles.